The Labute approximate surface area is 233 Å². The molecule has 3 rings (SSSR count). The second-order valence-corrected chi connectivity index (χ2v) is 14.1. The number of aryl methyl sites for hydroxylation is 1. The first-order chi connectivity index (χ1) is 18.6. The number of esters is 1. The Hall–Kier alpha value is -2.18. The predicted molar refractivity (Wildman–Crippen MR) is 151 cm³/mol. The van der Waals surface area contributed by atoms with Gasteiger partial charge >= 0.3 is 11.9 Å². The lowest BCUT2D eigenvalue weighted by molar-refractivity contribution is -0.169. The van der Waals surface area contributed by atoms with E-state index in [-0.39, 0.29) is 30.6 Å². The number of ether oxygens (including phenoxy) is 1. The topological polar surface area (TPSA) is 110 Å². The number of hydrogen-bond acceptors (Lipinski definition) is 6. The molecule has 1 amide bonds. The average molecular weight is 564 g/mol. The molecule has 39 heavy (non-hydrogen) atoms. The number of hydrogen-bond donors (Lipinski definition) is 1. The summed E-state index contributed by atoms with van der Waals surface area (Å²) < 4.78 is 25.7. The van der Waals surface area contributed by atoms with E-state index in [1.54, 1.807) is 6.92 Å². The highest BCUT2D eigenvalue weighted by atomic mass is 31.2. The van der Waals surface area contributed by atoms with Gasteiger partial charge < -0.3 is 14.7 Å². The molecule has 0 radical (unpaired) electrons. The largest absolute Gasteiger partial charge is 0.480 e. The van der Waals surface area contributed by atoms with E-state index in [4.69, 9.17) is 9.26 Å². The molecular formula is C30H46NO7P. The summed E-state index contributed by atoms with van der Waals surface area (Å²) in [5.41, 5.74) is 1.18. The van der Waals surface area contributed by atoms with E-state index in [0.717, 1.165) is 38.5 Å². The van der Waals surface area contributed by atoms with Crippen LogP contribution in [-0.2, 0) is 34.6 Å². The van der Waals surface area contributed by atoms with Gasteiger partial charge in [-0.05, 0) is 43.1 Å². The lowest BCUT2D eigenvalue weighted by atomic mass is 9.79. The number of carboxylic acids is 1. The molecule has 9 heteroatoms. The van der Waals surface area contributed by atoms with Crippen molar-refractivity contribution >= 4 is 25.2 Å². The highest BCUT2D eigenvalue weighted by molar-refractivity contribution is 7.59. The number of amides is 1. The molecule has 1 heterocycles. The van der Waals surface area contributed by atoms with Crippen molar-refractivity contribution in [2.75, 3.05) is 18.9 Å². The number of carboxylic acid groups (broad SMARTS) is 1. The van der Waals surface area contributed by atoms with E-state index < -0.39 is 37.5 Å². The van der Waals surface area contributed by atoms with Gasteiger partial charge in [0.1, 0.15) is 12.2 Å². The van der Waals surface area contributed by atoms with Crippen LogP contribution in [0.1, 0.15) is 84.1 Å². The molecule has 8 nitrogen and oxygen atoms in total. The zero-order valence-corrected chi connectivity index (χ0v) is 24.7. The molecule has 0 aromatic heterocycles. The van der Waals surface area contributed by atoms with Crippen LogP contribution in [0.15, 0.2) is 30.3 Å². The van der Waals surface area contributed by atoms with Crippen LogP contribution >= 0.6 is 7.37 Å². The maximum absolute atomic E-state index is 14.2. The third-order valence-corrected chi connectivity index (χ3v) is 10.4. The van der Waals surface area contributed by atoms with Crippen LogP contribution in [-0.4, -0.2) is 59.1 Å². The van der Waals surface area contributed by atoms with Gasteiger partial charge in [0.2, 0.25) is 19.6 Å². The minimum atomic E-state index is -3.60. The summed E-state index contributed by atoms with van der Waals surface area (Å²) in [5, 5.41) is 9.92. The molecule has 1 saturated heterocycles. The number of rotatable bonds is 14. The molecule has 1 aromatic carbocycles. The maximum Gasteiger partial charge on any atom is 0.326 e. The fourth-order valence-corrected chi connectivity index (χ4v) is 8.10. The van der Waals surface area contributed by atoms with Crippen molar-refractivity contribution in [3.63, 3.8) is 0 Å². The first-order valence-corrected chi connectivity index (χ1v) is 16.6. The first kappa shape index (κ1) is 31.3. The second-order valence-electron chi connectivity index (χ2n) is 11.5. The third-order valence-electron chi connectivity index (χ3n) is 8.07. The monoisotopic (exact) mass is 563 g/mol. The Kier molecular flexibility index (Phi) is 12.1. The Bertz CT molecular complexity index is 992. The SMILES string of the molecule is CCC(=O)O[C@@H](OP(=O)(CCCCc1ccccc1)CC(=O)N1CC(C2CCCCC2)C[C@H]1C(=O)O)C(C)C. The summed E-state index contributed by atoms with van der Waals surface area (Å²) in [6.45, 7) is 5.68. The number of unbranched alkanes of at least 4 members (excludes halogenated alkanes) is 1. The van der Waals surface area contributed by atoms with E-state index in [9.17, 15) is 24.1 Å². The van der Waals surface area contributed by atoms with Crippen LogP contribution < -0.4 is 0 Å². The van der Waals surface area contributed by atoms with E-state index in [2.05, 4.69) is 0 Å². The molecule has 4 atom stereocenters. The summed E-state index contributed by atoms with van der Waals surface area (Å²) in [4.78, 5) is 39.2. The number of carbonyl (C=O) groups excluding carboxylic acids is 2. The van der Waals surface area contributed by atoms with Crippen molar-refractivity contribution in [2.45, 2.75) is 97.3 Å². The van der Waals surface area contributed by atoms with Gasteiger partial charge in [-0.15, -0.1) is 0 Å². The van der Waals surface area contributed by atoms with Crippen LogP contribution in [0.4, 0.5) is 0 Å². The molecule has 0 bridgehead atoms. The Morgan fingerprint density at radius 2 is 1.74 bits per heavy atom. The van der Waals surface area contributed by atoms with Gasteiger partial charge in [-0.25, -0.2) is 4.79 Å². The standard InChI is InChI=1S/C30H46NO7P/c1-4-28(33)37-30(22(2)3)38-39(36,18-12-11-15-23-13-7-5-8-14-23)21-27(32)31-20-25(19-26(31)29(34)35)24-16-9-6-10-17-24/h5,7-8,13-14,22,24-26,30H,4,6,9-12,15-21H2,1-3H3,(H,34,35)/t25?,26-,30-,39?/m0/s1. The molecule has 1 aromatic rings. The van der Waals surface area contributed by atoms with Crippen LogP contribution in [0.25, 0.3) is 0 Å². The minimum Gasteiger partial charge on any atom is -0.480 e. The molecule has 1 N–H and O–H groups in total. The van der Waals surface area contributed by atoms with E-state index >= 15 is 0 Å². The molecule has 2 aliphatic rings. The zero-order valence-electron chi connectivity index (χ0n) is 23.8. The van der Waals surface area contributed by atoms with Gasteiger partial charge in [0.25, 0.3) is 0 Å². The molecule has 1 saturated carbocycles. The van der Waals surface area contributed by atoms with Gasteiger partial charge in [-0.1, -0.05) is 83.2 Å². The minimum absolute atomic E-state index is 0.149. The number of nitrogens with zero attached hydrogens (tertiary/aromatic N) is 1. The summed E-state index contributed by atoms with van der Waals surface area (Å²) in [7, 11) is -3.60. The lowest BCUT2D eigenvalue weighted by Crippen LogP contribution is -2.42. The number of aliphatic carboxylic acids is 1. The summed E-state index contributed by atoms with van der Waals surface area (Å²) in [5.74, 6) is -1.61. The van der Waals surface area contributed by atoms with Crippen LogP contribution in [0, 0.1) is 17.8 Å². The smallest absolute Gasteiger partial charge is 0.326 e. The molecule has 218 valence electrons. The summed E-state index contributed by atoms with van der Waals surface area (Å²) >= 11 is 0. The molecule has 1 aliphatic carbocycles. The van der Waals surface area contributed by atoms with E-state index in [1.807, 2.05) is 44.2 Å². The van der Waals surface area contributed by atoms with Crippen molar-refractivity contribution in [2.24, 2.45) is 17.8 Å². The molecule has 2 fully saturated rings. The zero-order chi connectivity index (χ0) is 28.4. The molecular weight excluding hydrogens is 517 g/mol. The Balaban J connectivity index is 1.73. The van der Waals surface area contributed by atoms with Gasteiger partial charge in [0.15, 0.2) is 0 Å². The molecule has 2 unspecified atom stereocenters. The van der Waals surface area contributed by atoms with Crippen LogP contribution in [0.2, 0.25) is 0 Å². The number of carbonyl (C=O) groups is 3. The average Bonchev–Trinajstić information content (AvgIpc) is 3.38. The highest BCUT2D eigenvalue weighted by Crippen LogP contribution is 2.51. The van der Waals surface area contributed by atoms with Crippen molar-refractivity contribution in [1.29, 1.82) is 0 Å². The lowest BCUT2D eigenvalue weighted by Gasteiger charge is -2.30. The molecule has 1 aliphatic heterocycles. The van der Waals surface area contributed by atoms with Gasteiger partial charge in [0, 0.05) is 25.0 Å². The highest BCUT2D eigenvalue weighted by Gasteiger charge is 2.44. The Morgan fingerprint density at radius 1 is 1.05 bits per heavy atom. The molecule has 0 spiro atoms. The van der Waals surface area contributed by atoms with Crippen molar-refractivity contribution in [3.05, 3.63) is 35.9 Å². The first-order valence-electron chi connectivity index (χ1n) is 14.6. The third kappa shape index (κ3) is 9.46. The van der Waals surface area contributed by atoms with E-state index in [1.165, 1.54) is 16.9 Å². The van der Waals surface area contributed by atoms with Crippen LogP contribution in [0.3, 0.4) is 0 Å². The fraction of sp³-hybridized carbons (Fsp3) is 0.700. The fourth-order valence-electron chi connectivity index (χ4n) is 5.80. The number of benzene rings is 1. The Morgan fingerprint density at radius 3 is 2.36 bits per heavy atom. The van der Waals surface area contributed by atoms with Gasteiger partial charge in [-0.3, -0.25) is 18.7 Å². The summed E-state index contributed by atoms with van der Waals surface area (Å²) in [6, 6.07) is 9.10. The quantitative estimate of drug-likeness (QED) is 0.126. The van der Waals surface area contributed by atoms with E-state index in [0.29, 0.717) is 25.3 Å². The van der Waals surface area contributed by atoms with Crippen molar-refractivity contribution in [3.8, 4) is 0 Å². The normalized spacial score (nSPS) is 22.4. The van der Waals surface area contributed by atoms with Gasteiger partial charge in [-0.2, -0.15) is 0 Å². The number of likely N-dealkylation sites (tertiary alicyclic amines) is 1. The maximum atomic E-state index is 14.2. The van der Waals surface area contributed by atoms with Crippen molar-refractivity contribution < 1.29 is 33.3 Å². The summed E-state index contributed by atoms with van der Waals surface area (Å²) in [6.07, 6.45) is 7.12. The van der Waals surface area contributed by atoms with Gasteiger partial charge in [0.05, 0.1) is 0 Å². The second kappa shape index (κ2) is 15.0. The predicted octanol–water partition coefficient (Wildman–Crippen LogP) is 6.12. The van der Waals surface area contributed by atoms with Crippen LogP contribution in [0.5, 0.6) is 0 Å². The van der Waals surface area contributed by atoms with Crippen molar-refractivity contribution in [1.82, 2.24) is 4.90 Å².